The number of ether oxygens (including phenoxy) is 1. The van der Waals surface area contributed by atoms with Crippen molar-refractivity contribution in [3.8, 4) is 5.75 Å². The lowest BCUT2D eigenvalue weighted by Gasteiger charge is -2.16. The fourth-order valence-corrected chi connectivity index (χ4v) is 3.45. The summed E-state index contributed by atoms with van der Waals surface area (Å²) in [4.78, 5) is 14.8. The topological polar surface area (TPSA) is 54.7 Å². The van der Waals surface area contributed by atoms with E-state index in [1.54, 1.807) is 12.0 Å². The molecule has 0 unspecified atom stereocenters. The number of fused-ring (bicyclic) bond motifs is 1. The van der Waals surface area contributed by atoms with Gasteiger partial charge in [0.15, 0.2) is 0 Å². The highest BCUT2D eigenvalue weighted by Crippen LogP contribution is 2.31. The number of rotatable bonds is 4. The van der Waals surface area contributed by atoms with Crippen LogP contribution in [0.3, 0.4) is 0 Å². The number of aliphatic hydroxyl groups excluding tert-OH is 1. The van der Waals surface area contributed by atoms with Gasteiger partial charge in [-0.2, -0.15) is 0 Å². The Morgan fingerprint density at radius 2 is 2.22 bits per heavy atom. The van der Waals surface area contributed by atoms with Crippen molar-refractivity contribution >= 4 is 16.8 Å². The van der Waals surface area contributed by atoms with Crippen molar-refractivity contribution in [1.82, 2.24) is 9.47 Å². The lowest BCUT2D eigenvalue weighted by Crippen LogP contribution is -2.30. The number of nitrogens with zero attached hydrogens (tertiary/aromatic N) is 2. The van der Waals surface area contributed by atoms with Gasteiger partial charge in [0.05, 0.1) is 18.8 Å². The largest absolute Gasteiger partial charge is 0.497 e. The summed E-state index contributed by atoms with van der Waals surface area (Å²) in [6.45, 7) is 6.05. The van der Waals surface area contributed by atoms with Crippen molar-refractivity contribution in [2.75, 3.05) is 20.2 Å². The highest BCUT2D eigenvalue weighted by Gasteiger charge is 2.29. The summed E-state index contributed by atoms with van der Waals surface area (Å²) in [5.41, 5.74) is 2.79. The average Bonchev–Trinajstić information content (AvgIpc) is 3.09. The Labute approximate surface area is 136 Å². The van der Waals surface area contributed by atoms with Gasteiger partial charge in [0.25, 0.3) is 5.91 Å². The minimum absolute atomic E-state index is 0.00663. The van der Waals surface area contributed by atoms with E-state index in [1.165, 1.54) is 0 Å². The van der Waals surface area contributed by atoms with Crippen LogP contribution in [0, 0.1) is 6.92 Å². The first-order valence-corrected chi connectivity index (χ1v) is 8.21. The van der Waals surface area contributed by atoms with Crippen LogP contribution in [-0.4, -0.2) is 46.8 Å². The van der Waals surface area contributed by atoms with Crippen molar-refractivity contribution in [3.05, 3.63) is 29.5 Å². The second kappa shape index (κ2) is 6.24. The Hall–Kier alpha value is -2.01. The molecule has 0 radical (unpaired) electrons. The molecule has 1 N–H and O–H groups in total. The van der Waals surface area contributed by atoms with E-state index in [9.17, 15) is 9.90 Å². The van der Waals surface area contributed by atoms with Crippen LogP contribution < -0.4 is 4.74 Å². The Balaban J connectivity index is 2.13. The zero-order valence-electron chi connectivity index (χ0n) is 14.0. The van der Waals surface area contributed by atoms with Gasteiger partial charge in [-0.15, -0.1) is 0 Å². The number of carbonyl (C=O) groups excluding carboxylic acids is 1. The summed E-state index contributed by atoms with van der Waals surface area (Å²) in [7, 11) is 1.63. The lowest BCUT2D eigenvalue weighted by molar-refractivity contribution is 0.0766. The second-order valence-electron chi connectivity index (χ2n) is 6.19. The molecule has 0 aliphatic carbocycles. The van der Waals surface area contributed by atoms with Crippen LogP contribution in [0.15, 0.2) is 18.2 Å². The third kappa shape index (κ3) is 2.70. The smallest absolute Gasteiger partial charge is 0.256 e. The maximum Gasteiger partial charge on any atom is 0.256 e. The molecule has 1 fully saturated rings. The third-order valence-corrected chi connectivity index (χ3v) is 4.64. The first kappa shape index (κ1) is 15.9. The quantitative estimate of drug-likeness (QED) is 0.943. The molecule has 23 heavy (non-hydrogen) atoms. The van der Waals surface area contributed by atoms with Crippen LogP contribution in [-0.2, 0) is 6.54 Å². The van der Waals surface area contributed by atoms with Crippen LogP contribution >= 0.6 is 0 Å². The SMILES string of the molecule is CCCn1c(C)c(C(=O)N2CC[C@H](O)C2)c2cc(OC)ccc21. The summed E-state index contributed by atoms with van der Waals surface area (Å²) in [6.07, 6.45) is 1.26. The molecule has 5 nitrogen and oxygen atoms in total. The van der Waals surface area contributed by atoms with E-state index < -0.39 is 6.10 Å². The van der Waals surface area contributed by atoms with E-state index in [0.717, 1.165) is 40.9 Å². The zero-order valence-corrected chi connectivity index (χ0v) is 14.0. The fraction of sp³-hybridized carbons (Fsp3) is 0.500. The van der Waals surface area contributed by atoms with Crippen LogP contribution in [0.1, 0.15) is 35.8 Å². The number of β-amino-alcohol motifs (C(OH)–C–C–N with tert-alkyl or cyclic N) is 1. The average molecular weight is 316 g/mol. The molecule has 1 amide bonds. The lowest BCUT2D eigenvalue weighted by atomic mass is 10.1. The molecule has 1 aromatic heterocycles. The minimum atomic E-state index is -0.405. The molecule has 0 spiro atoms. The molecule has 1 aliphatic rings. The first-order chi connectivity index (χ1) is 11.1. The van der Waals surface area contributed by atoms with E-state index >= 15 is 0 Å². The number of aromatic nitrogens is 1. The normalized spacial score (nSPS) is 17.9. The van der Waals surface area contributed by atoms with E-state index in [2.05, 4.69) is 11.5 Å². The number of hydrogen-bond acceptors (Lipinski definition) is 3. The molecule has 1 atom stereocenters. The molecule has 0 bridgehead atoms. The van der Waals surface area contributed by atoms with Crippen LogP contribution in [0.4, 0.5) is 0 Å². The summed E-state index contributed by atoms with van der Waals surface area (Å²) >= 11 is 0. The number of benzene rings is 1. The summed E-state index contributed by atoms with van der Waals surface area (Å²) < 4.78 is 7.54. The van der Waals surface area contributed by atoms with Gasteiger partial charge in [0, 0.05) is 36.2 Å². The zero-order chi connectivity index (χ0) is 16.6. The van der Waals surface area contributed by atoms with Gasteiger partial charge in [-0.1, -0.05) is 6.92 Å². The van der Waals surface area contributed by atoms with Crippen molar-refractivity contribution in [1.29, 1.82) is 0 Å². The standard InChI is InChI=1S/C18H24N2O3/c1-4-8-20-12(2)17(18(22)19-9-7-13(21)11-19)15-10-14(23-3)5-6-16(15)20/h5-6,10,13,21H,4,7-9,11H2,1-3H3/t13-/m0/s1. The fourth-order valence-electron chi connectivity index (χ4n) is 3.45. The molecule has 1 aromatic carbocycles. The number of aryl methyl sites for hydroxylation is 1. The highest BCUT2D eigenvalue weighted by atomic mass is 16.5. The molecular formula is C18H24N2O3. The van der Waals surface area contributed by atoms with Crippen LogP contribution in [0.2, 0.25) is 0 Å². The minimum Gasteiger partial charge on any atom is -0.497 e. The van der Waals surface area contributed by atoms with E-state index in [1.807, 2.05) is 25.1 Å². The molecule has 2 heterocycles. The predicted molar refractivity (Wildman–Crippen MR) is 90.0 cm³/mol. The van der Waals surface area contributed by atoms with Gasteiger partial charge in [-0.3, -0.25) is 4.79 Å². The van der Waals surface area contributed by atoms with E-state index in [4.69, 9.17) is 4.74 Å². The molecule has 124 valence electrons. The Morgan fingerprint density at radius 3 is 2.83 bits per heavy atom. The maximum atomic E-state index is 13.0. The molecular weight excluding hydrogens is 292 g/mol. The molecule has 0 saturated carbocycles. The van der Waals surface area contributed by atoms with Crippen molar-refractivity contribution in [3.63, 3.8) is 0 Å². The predicted octanol–water partition coefficient (Wildman–Crippen LogP) is 2.58. The molecule has 2 aromatic rings. The Bertz CT molecular complexity index is 735. The molecule has 1 saturated heterocycles. The number of likely N-dealkylation sites (tertiary alicyclic amines) is 1. The monoisotopic (exact) mass is 316 g/mol. The van der Waals surface area contributed by atoms with Gasteiger partial charge in [-0.05, 0) is 38.0 Å². The van der Waals surface area contributed by atoms with Gasteiger partial charge in [-0.25, -0.2) is 0 Å². The first-order valence-electron chi connectivity index (χ1n) is 8.21. The number of carbonyl (C=O) groups is 1. The summed E-state index contributed by atoms with van der Waals surface area (Å²) in [5.74, 6) is 0.758. The van der Waals surface area contributed by atoms with Gasteiger partial charge >= 0.3 is 0 Å². The third-order valence-electron chi connectivity index (χ3n) is 4.64. The molecule has 3 rings (SSSR count). The van der Waals surface area contributed by atoms with Crippen molar-refractivity contribution < 1.29 is 14.6 Å². The Kier molecular flexibility index (Phi) is 4.31. The highest BCUT2D eigenvalue weighted by molar-refractivity contribution is 6.08. The van der Waals surface area contributed by atoms with Gasteiger partial charge in [0.1, 0.15) is 5.75 Å². The molecule has 1 aliphatic heterocycles. The number of amides is 1. The maximum absolute atomic E-state index is 13.0. The van der Waals surface area contributed by atoms with Crippen molar-refractivity contribution in [2.45, 2.75) is 39.3 Å². The summed E-state index contributed by atoms with van der Waals surface area (Å²) in [6, 6.07) is 5.89. The number of hydrogen-bond donors (Lipinski definition) is 1. The van der Waals surface area contributed by atoms with E-state index in [0.29, 0.717) is 19.5 Å². The van der Waals surface area contributed by atoms with E-state index in [-0.39, 0.29) is 5.91 Å². The van der Waals surface area contributed by atoms with Gasteiger partial charge < -0.3 is 19.3 Å². The number of methoxy groups -OCH3 is 1. The summed E-state index contributed by atoms with van der Waals surface area (Å²) in [5, 5.41) is 10.7. The van der Waals surface area contributed by atoms with Crippen LogP contribution in [0.5, 0.6) is 5.75 Å². The molecule has 5 heteroatoms. The number of aliphatic hydroxyl groups is 1. The Morgan fingerprint density at radius 1 is 1.43 bits per heavy atom. The van der Waals surface area contributed by atoms with Crippen LogP contribution in [0.25, 0.3) is 10.9 Å². The van der Waals surface area contributed by atoms with Crippen molar-refractivity contribution in [2.24, 2.45) is 0 Å². The second-order valence-corrected chi connectivity index (χ2v) is 6.19. The van der Waals surface area contributed by atoms with Gasteiger partial charge in [0.2, 0.25) is 0 Å².